The summed E-state index contributed by atoms with van der Waals surface area (Å²) in [4.78, 5) is 10.00. The molecule has 4 nitrogen and oxygen atoms in total. The highest BCUT2D eigenvalue weighted by atomic mass is 32.2. The van der Waals surface area contributed by atoms with Crippen LogP contribution in [0.25, 0.3) is 5.76 Å². The number of carbonyl (C=O) groups excluding carboxylic acids is 1. The van der Waals surface area contributed by atoms with Gasteiger partial charge in [-0.05, 0) is 24.3 Å². The first-order valence-electron chi connectivity index (χ1n) is 4.48. The molecule has 1 N–H and O–H groups in total. The molecule has 0 bridgehead atoms. The van der Waals surface area contributed by atoms with Crippen molar-refractivity contribution in [1.82, 2.24) is 0 Å². The zero-order valence-electron chi connectivity index (χ0n) is 8.12. The van der Waals surface area contributed by atoms with Gasteiger partial charge in [-0.1, -0.05) is 12.1 Å². The van der Waals surface area contributed by atoms with E-state index in [9.17, 15) is 18.3 Å². The third-order valence-corrected chi connectivity index (χ3v) is 4.12. The monoisotopic (exact) mass is 236 g/mol. The topological polar surface area (TPSA) is 71.4 Å². The minimum absolute atomic E-state index is 0.0676. The quantitative estimate of drug-likeness (QED) is 0.623. The molecule has 82 valence electrons. The number of aldehydes is 1. The number of aliphatic hydroxyl groups is 1. The molecule has 1 aliphatic rings. The van der Waals surface area contributed by atoms with Crippen LogP contribution in [0.3, 0.4) is 0 Å². The smallest absolute Gasteiger partial charge is 0.210 e. The van der Waals surface area contributed by atoms with Gasteiger partial charge < -0.3 is 5.11 Å². The number of allylic oxidation sites excluding steroid dienone is 2. The molecule has 0 saturated carbocycles. The molecule has 0 radical (unpaired) electrons. The second-order valence-corrected chi connectivity index (χ2v) is 5.09. The van der Waals surface area contributed by atoms with E-state index in [0.29, 0.717) is 6.29 Å². The maximum absolute atomic E-state index is 11.9. The zero-order valence-corrected chi connectivity index (χ0v) is 8.94. The first-order chi connectivity index (χ1) is 7.59. The minimum Gasteiger partial charge on any atom is -0.506 e. The number of aliphatic hydroxyl groups excluding tert-OH is 1. The summed E-state index contributed by atoms with van der Waals surface area (Å²) in [6.45, 7) is 0. The van der Waals surface area contributed by atoms with Crippen LogP contribution in [-0.2, 0) is 14.6 Å². The van der Waals surface area contributed by atoms with Crippen molar-refractivity contribution < 1.29 is 18.3 Å². The summed E-state index contributed by atoms with van der Waals surface area (Å²) in [7, 11) is -3.68. The third kappa shape index (κ3) is 1.37. The van der Waals surface area contributed by atoms with E-state index in [4.69, 9.17) is 0 Å². The number of benzene rings is 1. The standard InChI is InChI=1S/C11H8O4S/c12-7-3-6-10-11(13)8-4-1-2-5-9(8)16(10,14)15/h1-7,13H/b6-3+. The summed E-state index contributed by atoms with van der Waals surface area (Å²) in [6, 6.07) is 6.15. The summed E-state index contributed by atoms with van der Waals surface area (Å²) in [5, 5.41) is 9.74. The minimum atomic E-state index is -3.68. The molecule has 5 heteroatoms. The van der Waals surface area contributed by atoms with Crippen LogP contribution in [0, 0.1) is 0 Å². The van der Waals surface area contributed by atoms with Crippen molar-refractivity contribution in [1.29, 1.82) is 0 Å². The highest BCUT2D eigenvalue weighted by Gasteiger charge is 2.33. The van der Waals surface area contributed by atoms with Crippen LogP contribution in [0.2, 0.25) is 0 Å². The van der Waals surface area contributed by atoms with Crippen molar-refractivity contribution in [3.05, 3.63) is 46.9 Å². The molecule has 0 saturated heterocycles. The van der Waals surface area contributed by atoms with Gasteiger partial charge in [0.15, 0.2) is 0 Å². The normalized spacial score (nSPS) is 17.8. The van der Waals surface area contributed by atoms with Gasteiger partial charge >= 0.3 is 0 Å². The summed E-state index contributed by atoms with van der Waals surface area (Å²) in [5.74, 6) is -0.311. The molecule has 1 aromatic carbocycles. The van der Waals surface area contributed by atoms with Gasteiger partial charge in [0.25, 0.3) is 0 Å². The van der Waals surface area contributed by atoms with Crippen LogP contribution >= 0.6 is 0 Å². The second kappa shape index (κ2) is 3.61. The van der Waals surface area contributed by atoms with Crippen LogP contribution in [0.4, 0.5) is 0 Å². The van der Waals surface area contributed by atoms with Crippen molar-refractivity contribution in [2.45, 2.75) is 4.90 Å². The highest BCUT2D eigenvalue weighted by Crippen LogP contribution is 2.37. The van der Waals surface area contributed by atoms with E-state index < -0.39 is 9.84 Å². The fourth-order valence-electron chi connectivity index (χ4n) is 1.57. The molecule has 0 atom stereocenters. The molecule has 1 heterocycles. The maximum Gasteiger partial charge on any atom is 0.210 e. The summed E-state index contributed by atoms with van der Waals surface area (Å²) < 4.78 is 23.8. The Morgan fingerprint density at radius 2 is 1.88 bits per heavy atom. The van der Waals surface area contributed by atoms with Crippen LogP contribution in [0.1, 0.15) is 5.56 Å². The molecule has 0 fully saturated rings. The predicted octanol–water partition coefficient (Wildman–Crippen LogP) is 1.46. The lowest BCUT2D eigenvalue weighted by molar-refractivity contribution is -0.104. The molecular weight excluding hydrogens is 228 g/mol. The van der Waals surface area contributed by atoms with Crippen LogP contribution in [0.15, 0.2) is 46.2 Å². The SMILES string of the molecule is O=C/C=C/C1=C(O)c2ccccc2S1(=O)=O. The average molecular weight is 236 g/mol. The fourth-order valence-corrected chi connectivity index (χ4v) is 3.14. The zero-order chi connectivity index (χ0) is 11.8. The summed E-state index contributed by atoms with van der Waals surface area (Å²) >= 11 is 0. The van der Waals surface area contributed by atoms with E-state index in [-0.39, 0.29) is 21.1 Å². The van der Waals surface area contributed by atoms with Crippen molar-refractivity contribution >= 4 is 21.9 Å². The summed E-state index contributed by atoms with van der Waals surface area (Å²) in [5.41, 5.74) is 0.271. The molecule has 1 aromatic rings. The lowest BCUT2D eigenvalue weighted by Crippen LogP contribution is -1.98. The molecule has 0 spiro atoms. The van der Waals surface area contributed by atoms with Gasteiger partial charge in [-0.2, -0.15) is 0 Å². The summed E-state index contributed by atoms with van der Waals surface area (Å²) in [6.07, 6.45) is 2.59. The van der Waals surface area contributed by atoms with Gasteiger partial charge in [-0.15, -0.1) is 0 Å². The molecule has 0 aromatic heterocycles. The Kier molecular flexibility index (Phi) is 2.40. The Bertz CT molecular complexity index is 609. The lowest BCUT2D eigenvalue weighted by atomic mass is 10.2. The van der Waals surface area contributed by atoms with Gasteiger partial charge in [0.2, 0.25) is 9.84 Å². The molecule has 2 rings (SSSR count). The van der Waals surface area contributed by atoms with E-state index in [2.05, 4.69) is 0 Å². The van der Waals surface area contributed by atoms with E-state index in [1.165, 1.54) is 12.1 Å². The molecule has 0 unspecified atom stereocenters. The third-order valence-electron chi connectivity index (χ3n) is 2.28. The number of fused-ring (bicyclic) bond motifs is 1. The van der Waals surface area contributed by atoms with Crippen LogP contribution in [-0.4, -0.2) is 19.8 Å². The van der Waals surface area contributed by atoms with Crippen LogP contribution in [0.5, 0.6) is 0 Å². The molecule has 0 amide bonds. The van der Waals surface area contributed by atoms with Gasteiger partial charge in [-0.25, -0.2) is 8.42 Å². The fraction of sp³-hybridized carbons (Fsp3) is 0. The first-order valence-corrected chi connectivity index (χ1v) is 5.97. The number of carbonyl (C=O) groups is 1. The average Bonchev–Trinajstić information content (AvgIpc) is 2.46. The predicted molar refractivity (Wildman–Crippen MR) is 58.4 cm³/mol. The van der Waals surface area contributed by atoms with Gasteiger partial charge in [-0.3, -0.25) is 4.79 Å². The van der Waals surface area contributed by atoms with Gasteiger partial charge in [0.05, 0.1) is 4.90 Å². The van der Waals surface area contributed by atoms with E-state index in [1.54, 1.807) is 12.1 Å². The Morgan fingerprint density at radius 3 is 2.50 bits per heavy atom. The Hall–Kier alpha value is -1.88. The number of hydrogen-bond donors (Lipinski definition) is 1. The van der Waals surface area contributed by atoms with Gasteiger partial charge in [0.1, 0.15) is 17.0 Å². The molecule has 16 heavy (non-hydrogen) atoms. The molecule has 1 aliphatic heterocycles. The van der Waals surface area contributed by atoms with E-state index in [0.717, 1.165) is 12.2 Å². The number of hydrogen-bond acceptors (Lipinski definition) is 4. The Morgan fingerprint density at radius 1 is 1.19 bits per heavy atom. The second-order valence-electron chi connectivity index (χ2n) is 3.21. The maximum atomic E-state index is 11.9. The number of rotatable bonds is 2. The van der Waals surface area contributed by atoms with Crippen molar-refractivity contribution in [2.75, 3.05) is 0 Å². The van der Waals surface area contributed by atoms with Crippen molar-refractivity contribution in [2.24, 2.45) is 0 Å². The van der Waals surface area contributed by atoms with E-state index in [1.807, 2.05) is 0 Å². The molecular formula is C11H8O4S. The number of sulfone groups is 1. The molecule has 0 aliphatic carbocycles. The highest BCUT2D eigenvalue weighted by molar-refractivity contribution is 7.96. The van der Waals surface area contributed by atoms with Crippen molar-refractivity contribution in [3.8, 4) is 0 Å². The Balaban J connectivity index is 2.71. The van der Waals surface area contributed by atoms with Gasteiger partial charge in [0, 0.05) is 5.56 Å². The van der Waals surface area contributed by atoms with Crippen LogP contribution < -0.4 is 0 Å². The van der Waals surface area contributed by atoms with E-state index >= 15 is 0 Å². The largest absolute Gasteiger partial charge is 0.506 e. The first kappa shape index (κ1) is 10.6. The lowest BCUT2D eigenvalue weighted by Gasteiger charge is -1.96. The van der Waals surface area contributed by atoms with Crippen molar-refractivity contribution in [3.63, 3.8) is 0 Å². The Labute approximate surface area is 92.5 Å².